The molecule has 1 amide bonds. The molecular formula is C20H25N3O2. The molecule has 1 atom stereocenters. The van der Waals surface area contributed by atoms with E-state index in [1.807, 2.05) is 30.3 Å². The molecule has 0 unspecified atom stereocenters. The van der Waals surface area contributed by atoms with Gasteiger partial charge in [0.05, 0.1) is 0 Å². The SMILES string of the molecule is CCNc1cccc(-c2ccc(C(=O)N[C@H]3CN4CCC3CC4)o2)c1. The minimum Gasteiger partial charge on any atom is -0.451 e. The van der Waals surface area contributed by atoms with Gasteiger partial charge in [-0.05, 0) is 63.0 Å². The molecule has 2 bridgehead atoms. The molecule has 0 saturated carbocycles. The summed E-state index contributed by atoms with van der Waals surface area (Å²) in [6.07, 6.45) is 2.37. The molecule has 1 aromatic carbocycles. The van der Waals surface area contributed by atoms with Gasteiger partial charge in [-0.1, -0.05) is 12.1 Å². The first-order valence-electron chi connectivity index (χ1n) is 9.20. The van der Waals surface area contributed by atoms with E-state index in [2.05, 4.69) is 22.5 Å². The van der Waals surface area contributed by atoms with Crippen LogP contribution in [0.5, 0.6) is 0 Å². The van der Waals surface area contributed by atoms with Gasteiger partial charge < -0.3 is 20.0 Å². The highest BCUT2D eigenvalue weighted by Gasteiger charge is 2.35. The summed E-state index contributed by atoms with van der Waals surface area (Å²) in [6, 6.07) is 11.9. The summed E-state index contributed by atoms with van der Waals surface area (Å²) >= 11 is 0. The molecule has 3 aliphatic heterocycles. The maximum atomic E-state index is 12.6. The molecule has 5 heteroatoms. The summed E-state index contributed by atoms with van der Waals surface area (Å²) in [4.78, 5) is 15.0. The Balaban J connectivity index is 1.45. The molecular weight excluding hydrogens is 314 g/mol. The number of amides is 1. The maximum Gasteiger partial charge on any atom is 0.287 e. The fourth-order valence-electron chi connectivity index (χ4n) is 3.97. The number of benzene rings is 1. The van der Waals surface area contributed by atoms with E-state index in [0.29, 0.717) is 11.7 Å². The van der Waals surface area contributed by atoms with Crippen LogP contribution < -0.4 is 10.6 Å². The van der Waals surface area contributed by atoms with Gasteiger partial charge in [0.1, 0.15) is 5.76 Å². The van der Waals surface area contributed by atoms with Crippen molar-refractivity contribution in [2.45, 2.75) is 25.8 Å². The highest BCUT2D eigenvalue weighted by molar-refractivity contribution is 5.92. The lowest BCUT2D eigenvalue weighted by Crippen LogP contribution is -2.57. The van der Waals surface area contributed by atoms with Crippen molar-refractivity contribution < 1.29 is 9.21 Å². The lowest BCUT2D eigenvalue weighted by Gasteiger charge is -2.44. The third-order valence-corrected chi connectivity index (χ3v) is 5.33. The molecule has 2 N–H and O–H groups in total. The molecule has 2 aromatic rings. The number of furan rings is 1. The first kappa shape index (κ1) is 16.2. The summed E-state index contributed by atoms with van der Waals surface area (Å²) in [5, 5.41) is 6.47. The Hall–Kier alpha value is -2.27. The molecule has 5 rings (SSSR count). The lowest BCUT2D eigenvalue weighted by atomic mass is 9.84. The Kier molecular flexibility index (Phi) is 4.49. The minimum absolute atomic E-state index is 0.104. The monoisotopic (exact) mass is 339 g/mol. The van der Waals surface area contributed by atoms with Gasteiger partial charge in [0, 0.05) is 30.4 Å². The molecule has 3 saturated heterocycles. The Morgan fingerprint density at radius 1 is 1.24 bits per heavy atom. The highest BCUT2D eigenvalue weighted by atomic mass is 16.3. The van der Waals surface area contributed by atoms with Gasteiger partial charge >= 0.3 is 0 Å². The van der Waals surface area contributed by atoms with Crippen molar-refractivity contribution in [3.05, 3.63) is 42.2 Å². The zero-order valence-corrected chi connectivity index (χ0v) is 14.6. The Morgan fingerprint density at radius 3 is 2.80 bits per heavy atom. The first-order valence-corrected chi connectivity index (χ1v) is 9.20. The molecule has 4 heterocycles. The second-order valence-electron chi connectivity index (χ2n) is 6.99. The van der Waals surface area contributed by atoms with Crippen LogP contribution in [-0.2, 0) is 0 Å². The predicted octanol–water partition coefficient (Wildman–Crippen LogP) is 3.20. The van der Waals surface area contributed by atoms with E-state index in [4.69, 9.17) is 4.42 Å². The number of anilines is 1. The van der Waals surface area contributed by atoms with Crippen LogP contribution in [0.15, 0.2) is 40.8 Å². The van der Waals surface area contributed by atoms with Gasteiger partial charge in [0.2, 0.25) is 0 Å². The van der Waals surface area contributed by atoms with Crippen molar-refractivity contribution in [3.8, 4) is 11.3 Å². The van der Waals surface area contributed by atoms with Gasteiger partial charge in [0.25, 0.3) is 5.91 Å². The topological polar surface area (TPSA) is 57.5 Å². The van der Waals surface area contributed by atoms with E-state index in [0.717, 1.165) is 30.1 Å². The van der Waals surface area contributed by atoms with Gasteiger partial charge in [-0.15, -0.1) is 0 Å². The van der Waals surface area contributed by atoms with Crippen LogP contribution in [0.1, 0.15) is 30.3 Å². The smallest absolute Gasteiger partial charge is 0.287 e. The van der Waals surface area contributed by atoms with Crippen LogP contribution >= 0.6 is 0 Å². The van der Waals surface area contributed by atoms with Crippen LogP contribution in [0.3, 0.4) is 0 Å². The maximum absolute atomic E-state index is 12.6. The summed E-state index contributed by atoms with van der Waals surface area (Å²) < 4.78 is 5.83. The molecule has 3 fully saturated rings. The van der Waals surface area contributed by atoms with Crippen molar-refractivity contribution in [2.75, 3.05) is 31.5 Å². The average molecular weight is 339 g/mol. The second-order valence-corrected chi connectivity index (χ2v) is 6.99. The quantitative estimate of drug-likeness (QED) is 0.878. The van der Waals surface area contributed by atoms with Gasteiger partial charge in [-0.2, -0.15) is 0 Å². The van der Waals surface area contributed by atoms with Crippen LogP contribution in [0.2, 0.25) is 0 Å². The van der Waals surface area contributed by atoms with Crippen molar-refractivity contribution in [1.29, 1.82) is 0 Å². The van der Waals surface area contributed by atoms with E-state index < -0.39 is 0 Å². The third kappa shape index (κ3) is 3.42. The molecule has 1 aromatic heterocycles. The highest BCUT2D eigenvalue weighted by Crippen LogP contribution is 2.28. The number of carbonyl (C=O) groups excluding carboxylic acids is 1. The average Bonchev–Trinajstić information content (AvgIpc) is 3.14. The van der Waals surface area contributed by atoms with Gasteiger partial charge in [-0.3, -0.25) is 4.79 Å². The zero-order valence-electron chi connectivity index (χ0n) is 14.6. The Bertz CT molecular complexity index is 747. The molecule has 132 valence electrons. The number of carbonyl (C=O) groups is 1. The fourth-order valence-corrected chi connectivity index (χ4v) is 3.97. The van der Waals surface area contributed by atoms with Crippen molar-refractivity contribution in [3.63, 3.8) is 0 Å². The number of hydrogen-bond acceptors (Lipinski definition) is 4. The summed E-state index contributed by atoms with van der Waals surface area (Å²) in [5.74, 6) is 1.62. The number of piperidine rings is 3. The Morgan fingerprint density at radius 2 is 2.08 bits per heavy atom. The van der Waals surface area contributed by atoms with E-state index in [-0.39, 0.29) is 11.9 Å². The van der Waals surface area contributed by atoms with E-state index >= 15 is 0 Å². The van der Waals surface area contributed by atoms with E-state index in [9.17, 15) is 4.79 Å². The summed E-state index contributed by atoms with van der Waals surface area (Å²) in [5.41, 5.74) is 2.02. The van der Waals surface area contributed by atoms with E-state index in [1.165, 1.54) is 25.9 Å². The van der Waals surface area contributed by atoms with Crippen LogP contribution in [0.4, 0.5) is 5.69 Å². The van der Waals surface area contributed by atoms with Crippen LogP contribution in [-0.4, -0.2) is 43.0 Å². The minimum atomic E-state index is -0.104. The zero-order chi connectivity index (χ0) is 17.2. The number of nitrogens with zero attached hydrogens (tertiary/aromatic N) is 1. The number of nitrogens with one attached hydrogen (secondary N) is 2. The molecule has 0 spiro atoms. The Labute approximate surface area is 148 Å². The fraction of sp³-hybridized carbons (Fsp3) is 0.450. The number of rotatable bonds is 5. The van der Waals surface area contributed by atoms with Crippen molar-refractivity contribution >= 4 is 11.6 Å². The number of fused-ring (bicyclic) bond motifs is 3. The first-order chi connectivity index (χ1) is 12.2. The van der Waals surface area contributed by atoms with Gasteiger partial charge in [-0.25, -0.2) is 0 Å². The molecule has 0 radical (unpaired) electrons. The lowest BCUT2D eigenvalue weighted by molar-refractivity contribution is 0.0606. The van der Waals surface area contributed by atoms with Gasteiger partial charge in [0.15, 0.2) is 5.76 Å². The van der Waals surface area contributed by atoms with Crippen LogP contribution in [0.25, 0.3) is 11.3 Å². The largest absolute Gasteiger partial charge is 0.451 e. The molecule has 25 heavy (non-hydrogen) atoms. The van der Waals surface area contributed by atoms with Crippen molar-refractivity contribution in [1.82, 2.24) is 10.2 Å². The number of hydrogen-bond donors (Lipinski definition) is 2. The summed E-state index contributed by atoms with van der Waals surface area (Å²) in [6.45, 7) is 6.24. The van der Waals surface area contributed by atoms with E-state index in [1.54, 1.807) is 6.07 Å². The normalized spacial score (nSPS) is 24.9. The van der Waals surface area contributed by atoms with Crippen molar-refractivity contribution in [2.24, 2.45) is 5.92 Å². The van der Waals surface area contributed by atoms with Crippen LogP contribution in [0, 0.1) is 5.92 Å². The third-order valence-electron chi connectivity index (χ3n) is 5.33. The summed E-state index contributed by atoms with van der Waals surface area (Å²) in [7, 11) is 0. The second kappa shape index (κ2) is 6.92. The molecule has 5 nitrogen and oxygen atoms in total. The standard InChI is InChI=1S/C20H25N3O2/c1-2-21-16-5-3-4-15(12-16)18-6-7-19(25-18)20(24)22-17-13-23-10-8-14(17)9-11-23/h3-7,12,14,17,21H,2,8-11,13H2,1H3,(H,22,24)/t17-/m0/s1. The predicted molar refractivity (Wildman–Crippen MR) is 98.7 cm³/mol. The molecule has 0 aliphatic carbocycles. The molecule has 3 aliphatic rings.